The zero-order valence-electron chi connectivity index (χ0n) is 15.1. The van der Waals surface area contributed by atoms with E-state index in [-0.39, 0.29) is 24.8 Å². The van der Waals surface area contributed by atoms with Crippen LogP contribution in [-0.4, -0.2) is 37.2 Å². The summed E-state index contributed by atoms with van der Waals surface area (Å²) in [5.41, 5.74) is 0.334. The van der Waals surface area contributed by atoms with Crippen molar-refractivity contribution in [2.75, 3.05) is 20.3 Å². The molecule has 0 aliphatic heterocycles. The molecule has 2 N–H and O–H groups in total. The molecule has 0 aromatic heterocycles. The third-order valence-corrected chi connectivity index (χ3v) is 3.85. The minimum atomic E-state index is -0.894. The molecule has 0 spiro atoms. The Labute approximate surface area is 153 Å². The number of benzene rings is 1. The van der Waals surface area contributed by atoms with Crippen molar-refractivity contribution in [2.45, 2.75) is 33.6 Å². The fraction of sp³-hybridized carbons (Fsp3) is 0.556. The number of carbonyl (C=O) groups is 2. The monoisotopic (exact) mass is 371 g/mol. The normalized spacial score (nSPS) is 11.9. The molecule has 0 bridgehead atoms. The molecule has 1 rings (SSSR count). The van der Waals surface area contributed by atoms with Crippen LogP contribution in [0, 0.1) is 11.8 Å². The summed E-state index contributed by atoms with van der Waals surface area (Å²) in [6.07, 6.45) is 0.871. The van der Waals surface area contributed by atoms with Crippen molar-refractivity contribution in [1.82, 2.24) is 5.32 Å². The summed E-state index contributed by atoms with van der Waals surface area (Å²) in [5.74, 6) is -0.0961. The van der Waals surface area contributed by atoms with Crippen molar-refractivity contribution < 1.29 is 24.2 Å². The van der Waals surface area contributed by atoms with Crippen LogP contribution in [0.2, 0.25) is 5.02 Å². The maximum Gasteiger partial charge on any atom is 0.303 e. The van der Waals surface area contributed by atoms with Gasteiger partial charge in [0.15, 0.2) is 11.5 Å². The van der Waals surface area contributed by atoms with Crippen molar-refractivity contribution in [3.8, 4) is 11.5 Å². The van der Waals surface area contributed by atoms with Gasteiger partial charge >= 0.3 is 5.97 Å². The number of carbonyl (C=O) groups excluding carboxylic acids is 1. The van der Waals surface area contributed by atoms with Crippen LogP contribution in [-0.2, 0) is 4.79 Å². The Kier molecular flexibility index (Phi) is 8.55. The predicted octanol–water partition coefficient (Wildman–Crippen LogP) is 3.61. The number of halogens is 1. The molecule has 0 aliphatic rings. The SMILES string of the molecule is COc1cc(C(=O)NCC(C)CC(=O)O)cc(Cl)c1OCCC(C)C. The third kappa shape index (κ3) is 7.22. The number of hydrogen-bond acceptors (Lipinski definition) is 4. The summed E-state index contributed by atoms with van der Waals surface area (Å²) in [4.78, 5) is 22.9. The van der Waals surface area contributed by atoms with E-state index in [0.717, 1.165) is 6.42 Å². The number of nitrogens with one attached hydrogen (secondary N) is 1. The number of carboxylic acid groups (broad SMARTS) is 1. The summed E-state index contributed by atoms with van der Waals surface area (Å²) in [6.45, 7) is 6.72. The molecule has 0 radical (unpaired) electrons. The van der Waals surface area contributed by atoms with Gasteiger partial charge in [0.25, 0.3) is 5.91 Å². The van der Waals surface area contributed by atoms with Gasteiger partial charge in [-0.25, -0.2) is 0 Å². The lowest BCUT2D eigenvalue weighted by Gasteiger charge is -2.15. The van der Waals surface area contributed by atoms with Gasteiger partial charge in [-0.3, -0.25) is 9.59 Å². The van der Waals surface area contributed by atoms with E-state index in [1.807, 2.05) is 0 Å². The molecule has 0 heterocycles. The van der Waals surface area contributed by atoms with Crippen molar-refractivity contribution in [1.29, 1.82) is 0 Å². The second kappa shape index (κ2) is 10.1. The lowest BCUT2D eigenvalue weighted by molar-refractivity contribution is -0.137. The standard InChI is InChI=1S/C18H26ClNO5/c1-11(2)5-6-25-17-14(19)8-13(9-15(17)24-4)18(23)20-10-12(3)7-16(21)22/h8-9,11-12H,5-7,10H2,1-4H3,(H,20,23)(H,21,22). The quantitative estimate of drug-likeness (QED) is 0.656. The van der Waals surface area contributed by atoms with Crippen molar-refractivity contribution in [2.24, 2.45) is 11.8 Å². The maximum absolute atomic E-state index is 12.3. The summed E-state index contributed by atoms with van der Waals surface area (Å²) in [5, 5.41) is 11.7. The Morgan fingerprint density at radius 3 is 2.52 bits per heavy atom. The van der Waals surface area contributed by atoms with Gasteiger partial charge in [-0.1, -0.05) is 32.4 Å². The van der Waals surface area contributed by atoms with E-state index in [1.165, 1.54) is 13.2 Å². The van der Waals surface area contributed by atoms with E-state index in [1.54, 1.807) is 13.0 Å². The molecule has 1 atom stereocenters. The first-order valence-electron chi connectivity index (χ1n) is 8.24. The van der Waals surface area contributed by atoms with Crippen LogP contribution in [0.25, 0.3) is 0 Å². The van der Waals surface area contributed by atoms with Crippen molar-refractivity contribution >= 4 is 23.5 Å². The van der Waals surface area contributed by atoms with Crippen LogP contribution < -0.4 is 14.8 Å². The molecule has 0 saturated heterocycles. The fourth-order valence-corrected chi connectivity index (χ4v) is 2.39. The molecule has 1 amide bonds. The van der Waals surface area contributed by atoms with Crippen LogP contribution in [0.1, 0.15) is 44.0 Å². The Bertz CT molecular complexity index is 603. The molecule has 140 valence electrons. The topological polar surface area (TPSA) is 84.9 Å². The predicted molar refractivity (Wildman–Crippen MR) is 96.7 cm³/mol. The van der Waals surface area contributed by atoms with E-state index in [4.69, 9.17) is 26.2 Å². The molecule has 0 aliphatic carbocycles. The number of amides is 1. The van der Waals surface area contributed by atoms with Gasteiger partial charge in [-0.2, -0.15) is 0 Å². The summed E-state index contributed by atoms with van der Waals surface area (Å²) in [6, 6.07) is 3.08. The molecule has 0 fully saturated rings. The summed E-state index contributed by atoms with van der Waals surface area (Å²) >= 11 is 6.24. The van der Waals surface area contributed by atoms with E-state index in [9.17, 15) is 9.59 Å². The highest BCUT2D eigenvalue weighted by atomic mass is 35.5. The average Bonchev–Trinajstić information content (AvgIpc) is 2.52. The largest absolute Gasteiger partial charge is 0.493 e. The lowest BCUT2D eigenvalue weighted by Crippen LogP contribution is -2.29. The lowest BCUT2D eigenvalue weighted by atomic mass is 10.1. The molecule has 1 aromatic carbocycles. The number of ether oxygens (including phenoxy) is 2. The first kappa shape index (κ1) is 21.1. The molecule has 1 unspecified atom stereocenters. The van der Waals surface area contributed by atoms with Gasteiger partial charge in [0.05, 0.1) is 18.7 Å². The van der Waals surface area contributed by atoms with Gasteiger partial charge in [-0.05, 0) is 30.4 Å². The average molecular weight is 372 g/mol. The zero-order valence-corrected chi connectivity index (χ0v) is 15.9. The number of aliphatic carboxylic acids is 1. The molecule has 0 saturated carbocycles. The Morgan fingerprint density at radius 1 is 1.28 bits per heavy atom. The fourth-order valence-electron chi connectivity index (χ4n) is 2.13. The molecular weight excluding hydrogens is 346 g/mol. The molecular formula is C18H26ClNO5. The maximum atomic E-state index is 12.3. The van der Waals surface area contributed by atoms with Gasteiger partial charge in [0.1, 0.15) is 0 Å². The number of methoxy groups -OCH3 is 1. The smallest absolute Gasteiger partial charge is 0.303 e. The number of rotatable bonds is 10. The highest BCUT2D eigenvalue weighted by Crippen LogP contribution is 2.36. The highest BCUT2D eigenvalue weighted by molar-refractivity contribution is 6.32. The van der Waals surface area contributed by atoms with Gasteiger partial charge in [0.2, 0.25) is 0 Å². The Hall–Kier alpha value is -1.95. The number of hydrogen-bond donors (Lipinski definition) is 2. The Morgan fingerprint density at radius 2 is 1.96 bits per heavy atom. The van der Waals surface area contributed by atoms with Gasteiger partial charge in [-0.15, -0.1) is 0 Å². The second-order valence-corrected chi connectivity index (χ2v) is 6.84. The van der Waals surface area contributed by atoms with Gasteiger partial charge < -0.3 is 19.9 Å². The Balaban J connectivity index is 2.79. The van der Waals surface area contributed by atoms with Crippen LogP contribution in [0.3, 0.4) is 0 Å². The van der Waals surface area contributed by atoms with Crippen LogP contribution in [0.4, 0.5) is 0 Å². The molecule has 7 heteroatoms. The van der Waals surface area contributed by atoms with E-state index < -0.39 is 5.97 Å². The van der Waals surface area contributed by atoms with Crippen LogP contribution in [0.15, 0.2) is 12.1 Å². The van der Waals surface area contributed by atoms with E-state index in [2.05, 4.69) is 19.2 Å². The van der Waals surface area contributed by atoms with Crippen LogP contribution in [0.5, 0.6) is 11.5 Å². The first-order valence-corrected chi connectivity index (χ1v) is 8.62. The zero-order chi connectivity index (χ0) is 19.0. The van der Waals surface area contributed by atoms with Crippen molar-refractivity contribution in [3.63, 3.8) is 0 Å². The highest BCUT2D eigenvalue weighted by Gasteiger charge is 2.17. The number of carboxylic acids is 1. The molecule has 6 nitrogen and oxygen atoms in total. The minimum absolute atomic E-state index is 0.00696. The molecule has 1 aromatic rings. The molecule has 25 heavy (non-hydrogen) atoms. The van der Waals surface area contributed by atoms with E-state index >= 15 is 0 Å². The van der Waals surface area contributed by atoms with Crippen LogP contribution >= 0.6 is 11.6 Å². The van der Waals surface area contributed by atoms with E-state index in [0.29, 0.717) is 34.6 Å². The summed E-state index contributed by atoms with van der Waals surface area (Å²) < 4.78 is 11.0. The third-order valence-electron chi connectivity index (χ3n) is 3.57. The minimum Gasteiger partial charge on any atom is -0.493 e. The van der Waals surface area contributed by atoms with Crippen molar-refractivity contribution in [3.05, 3.63) is 22.7 Å². The second-order valence-electron chi connectivity index (χ2n) is 6.43. The first-order chi connectivity index (χ1) is 11.7. The summed E-state index contributed by atoms with van der Waals surface area (Å²) in [7, 11) is 1.48. The van der Waals surface area contributed by atoms with Gasteiger partial charge in [0, 0.05) is 18.5 Å².